The van der Waals surface area contributed by atoms with E-state index in [4.69, 9.17) is 25.8 Å². The van der Waals surface area contributed by atoms with Gasteiger partial charge >= 0.3 is 0 Å². The van der Waals surface area contributed by atoms with Gasteiger partial charge in [0.15, 0.2) is 0 Å². The predicted molar refractivity (Wildman–Crippen MR) is 149 cm³/mol. The summed E-state index contributed by atoms with van der Waals surface area (Å²) in [6.45, 7) is 13.3. The minimum atomic E-state index is -0.524. The molecule has 0 saturated carbocycles. The summed E-state index contributed by atoms with van der Waals surface area (Å²) < 4.78 is 18.8. The number of amides is 2. The second kappa shape index (κ2) is 10.8. The van der Waals surface area contributed by atoms with Crippen LogP contribution in [0.2, 0.25) is 5.02 Å². The Balaban J connectivity index is 1.48. The number of hydrogen-bond acceptors (Lipinski definition) is 6. The molecule has 2 aliphatic rings. The number of thioether (sulfide) groups is 1. The number of benzene rings is 2. The van der Waals surface area contributed by atoms with Crippen LogP contribution in [0.15, 0.2) is 34.8 Å². The maximum Gasteiger partial charge on any atom is 0.290 e. The zero-order valence-electron chi connectivity index (χ0n) is 22.0. The Morgan fingerprint density at radius 3 is 2.57 bits per heavy atom. The van der Waals surface area contributed by atoms with Crippen molar-refractivity contribution >= 4 is 40.6 Å². The molecule has 2 aliphatic heterocycles. The number of fused-ring (bicyclic) bond motifs is 1. The molecule has 0 bridgehead atoms. The van der Waals surface area contributed by atoms with E-state index in [2.05, 4.69) is 52.9 Å². The highest BCUT2D eigenvalue weighted by Crippen LogP contribution is 2.44. The lowest BCUT2D eigenvalue weighted by atomic mass is 9.87. The molecule has 37 heavy (non-hydrogen) atoms. The minimum Gasteiger partial charge on any atom is -0.489 e. The molecule has 2 heterocycles. The standard InChI is InChI=1S/C29H32ClNO5S/c1-16(2)10-12-34-25-17(3)18(4)26-21(19(25)5)9-11-29(6,36-26)15-35-23-8-7-20(13-22(23)30)14-24-27(32)31-28(33)37-24/h7-8,10,13-14H,9,11-12,15H2,1-6H3,(H,31,32,33). The summed E-state index contributed by atoms with van der Waals surface area (Å²) in [5, 5.41) is 2.29. The summed E-state index contributed by atoms with van der Waals surface area (Å²) in [6.07, 6.45) is 5.37. The smallest absolute Gasteiger partial charge is 0.290 e. The molecule has 6 nitrogen and oxygen atoms in total. The van der Waals surface area contributed by atoms with Gasteiger partial charge in [-0.25, -0.2) is 0 Å². The van der Waals surface area contributed by atoms with Gasteiger partial charge in [-0.2, -0.15) is 0 Å². The molecule has 8 heteroatoms. The topological polar surface area (TPSA) is 73.9 Å². The van der Waals surface area contributed by atoms with Crippen molar-refractivity contribution < 1.29 is 23.8 Å². The van der Waals surface area contributed by atoms with Crippen LogP contribution in [0.3, 0.4) is 0 Å². The number of nitrogens with one attached hydrogen (secondary N) is 1. The van der Waals surface area contributed by atoms with E-state index in [1.165, 1.54) is 11.1 Å². The molecule has 0 aliphatic carbocycles. The highest BCUT2D eigenvalue weighted by Gasteiger charge is 2.36. The largest absolute Gasteiger partial charge is 0.489 e. The lowest BCUT2D eigenvalue weighted by molar-refractivity contribution is -0.115. The highest BCUT2D eigenvalue weighted by molar-refractivity contribution is 8.18. The van der Waals surface area contributed by atoms with Crippen LogP contribution >= 0.6 is 23.4 Å². The van der Waals surface area contributed by atoms with Crippen molar-refractivity contribution in [3.63, 3.8) is 0 Å². The quantitative estimate of drug-likeness (QED) is 0.298. The monoisotopic (exact) mass is 541 g/mol. The fraction of sp³-hybridized carbons (Fsp3) is 0.379. The zero-order chi connectivity index (χ0) is 26.9. The molecule has 1 fully saturated rings. The first-order valence-corrected chi connectivity index (χ1v) is 13.4. The number of ether oxygens (including phenoxy) is 3. The molecule has 0 radical (unpaired) electrons. The number of halogens is 1. The van der Waals surface area contributed by atoms with Gasteiger partial charge in [0.1, 0.15) is 36.1 Å². The first kappa shape index (κ1) is 27.1. The van der Waals surface area contributed by atoms with E-state index in [1.807, 2.05) is 0 Å². The van der Waals surface area contributed by atoms with E-state index < -0.39 is 11.5 Å². The third kappa shape index (κ3) is 5.99. The van der Waals surface area contributed by atoms with Crippen molar-refractivity contribution in [2.75, 3.05) is 13.2 Å². The summed E-state index contributed by atoms with van der Waals surface area (Å²) in [7, 11) is 0. The van der Waals surface area contributed by atoms with Crippen LogP contribution in [0, 0.1) is 20.8 Å². The van der Waals surface area contributed by atoms with Crippen molar-refractivity contribution in [3.05, 3.63) is 67.6 Å². The first-order chi connectivity index (χ1) is 17.5. The van der Waals surface area contributed by atoms with Crippen LogP contribution in [0.5, 0.6) is 17.2 Å². The summed E-state index contributed by atoms with van der Waals surface area (Å²) >= 11 is 7.35. The van der Waals surface area contributed by atoms with E-state index in [0.29, 0.717) is 34.5 Å². The van der Waals surface area contributed by atoms with Gasteiger partial charge in [-0.1, -0.05) is 23.2 Å². The average Bonchev–Trinajstić information content (AvgIpc) is 3.15. The molecule has 1 saturated heterocycles. The number of carbonyl (C=O) groups is 2. The van der Waals surface area contributed by atoms with E-state index in [1.54, 1.807) is 24.3 Å². The van der Waals surface area contributed by atoms with E-state index in [0.717, 1.165) is 52.8 Å². The number of carbonyl (C=O) groups excluding carboxylic acids is 2. The van der Waals surface area contributed by atoms with Gasteiger partial charge in [-0.3, -0.25) is 14.9 Å². The molecule has 1 unspecified atom stereocenters. The second-order valence-corrected chi connectivity index (χ2v) is 11.4. The van der Waals surface area contributed by atoms with Crippen LogP contribution in [0.1, 0.15) is 55.0 Å². The highest BCUT2D eigenvalue weighted by atomic mass is 35.5. The van der Waals surface area contributed by atoms with Crippen LogP contribution in [-0.2, 0) is 11.2 Å². The lowest BCUT2D eigenvalue weighted by Gasteiger charge is -2.38. The van der Waals surface area contributed by atoms with Gasteiger partial charge < -0.3 is 14.2 Å². The molecule has 2 amide bonds. The summed E-state index contributed by atoms with van der Waals surface area (Å²) in [4.78, 5) is 23.5. The molecule has 0 spiro atoms. The Bertz CT molecular complexity index is 1330. The van der Waals surface area contributed by atoms with Crippen molar-refractivity contribution in [1.82, 2.24) is 5.32 Å². The molecule has 0 aromatic heterocycles. The van der Waals surface area contributed by atoms with Gasteiger partial charge in [0, 0.05) is 5.56 Å². The second-order valence-electron chi connectivity index (χ2n) is 9.99. The molecule has 2 aromatic rings. The fourth-order valence-corrected chi connectivity index (χ4v) is 5.34. The molecular formula is C29H32ClNO5S. The van der Waals surface area contributed by atoms with Crippen LogP contribution in [0.25, 0.3) is 6.08 Å². The molecule has 1 atom stereocenters. The van der Waals surface area contributed by atoms with Crippen molar-refractivity contribution in [2.24, 2.45) is 0 Å². The maximum absolute atomic E-state index is 11.8. The number of imide groups is 1. The third-order valence-corrected chi connectivity index (χ3v) is 7.82. The van der Waals surface area contributed by atoms with Gasteiger partial charge in [0.05, 0.1) is 9.93 Å². The molecular weight excluding hydrogens is 510 g/mol. The predicted octanol–water partition coefficient (Wildman–Crippen LogP) is 7.10. The van der Waals surface area contributed by atoms with Gasteiger partial charge in [-0.15, -0.1) is 0 Å². The summed E-state index contributed by atoms with van der Waals surface area (Å²) in [5.74, 6) is 1.99. The fourth-order valence-electron chi connectivity index (χ4n) is 4.42. The summed E-state index contributed by atoms with van der Waals surface area (Å²) in [6, 6.07) is 5.29. The number of hydrogen-bond donors (Lipinski definition) is 1. The Morgan fingerprint density at radius 1 is 1.16 bits per heavy atom. The molecule has 1 N–H and O–H groups in total. The Kier molecular flexibility index (Phi) is 7.95. The Hall–Kier alpha value is -2.90. The first-order valence-electron chi connectivity index (χ1n) is 12.2. The van der Waals surface area contributed by atoms with Crippen LogP contribution < -0.4 is 19.5 Å². The van der Waals surface area contributed by atoms with Crippen molar-refractivity contribution in [3.8, 4) is 17.2 Å². The van der Waals surface area contributed by atoms with E-state index >= 15 is 0 Å². The van der Waals surface area contributed by atoms with Gasteiger partial charge in [0.25, 0.3) is 11.1 Å². The summed E-state index contributed by atoms with van der Waals surface area (Å²) in [5.41, 5.74) is 5.91. The molecule has 4 rings (SSSR count). The molecule has 196 valence electrons. The third-order valence-electron chi connectivity index (χ3n) is 6.71. The number of allylic oxidation sites excluding steroid dienone is 1. The SMILES string of the molecule is CC(C)=CCOc1c(C)c(C)c2c(c1C)CCC(C)(COc1ccc(C=C3SC(=O)NC3=O)cc1Cl)O2. The minimum absolute atomic E-state index is 0.329. The zero-order valence-corrected chi connectivity index (χ0v) is 23.6. The van der Waals surface area contributed by atoms with Gasteiger partial charge in [-0.05, 0) is 113 Å². The lowest BCUT2D eigenvalue weighted by Crippen LogP contribution is -2.42. The van der Waals surface area contributed by atoms with E-state index in [9.17, 15) is 9.59 Å². The Labute approximate surface area is 227 Å². The average molecular weight is 542 g/mol. The van der Waals surface area contributed by atoms with E-state index in [-0.39, 0.29) is 5.24 Å². The van der Waals surface area contributed by atoms with Crippen LogP contribution in [0.4, 0.5) is 4.79 Å². The number of rotatable bonds is 7. The van der Waals surface area contributed by atoms with Gasteiger partial charge in [0.2, 0.25) is 0 Å². The van der Waals surface area contributed by atoms with Crippen molar-refractivity contribution in [1.29, 1.82) is 0 Å². The van der Waals surface area contributed by atoms with Crippen molar-refractivity contribution in [2.45, 2.75) is 60.0 Å². The van der Waals surface area contributed by atoms with Crippen LogP contribution in [-0.4, -0.2) is 30.0 Å². The normalized spacial score (nSPS) is 19.8. The Morgan fingerprint density at radius 2 is 1.92 bits per heavy atom. The molecule has 2 aromatic carbocycles. The maximum atomic E-state index is 11.8.